The lowest BCUT2D eigenvalue weighted by atomic mass is 10.5. The molecule has 0 bridgehead atoms. The zero-order chi connectivity index (χ0) is 11.7. The van der Waals surface area contributed by atoms with E-state index in [0.29, 0.717) is 5.15 Å². The van der Waals surface area contributed by atoms with Gasteiger partial charge in [0.15, 0.2) is 10.1 Å². The third kappa shape index (κ3) is 2.15. The Kier molecular flexibility index (Phi) is 3.00. The van der Waals surface area contributed by atoms with Crippen molar-refractivity contribution in [3.8, 4) is 0 Å². The van der Waals surface area contributed by atoms with Crippen molar-refractivity contribution < 1.29 is 4.74 Å². The summed E-state index contributed by atoms with van der Waals surface area (Å²) in [7, 11) is 0. The van der Waals surface area contributed by atoms with Gasteiger partial charge in [-0.3, -0.25) is 9.41 Å². The first-order valence-electron chi connectivity index (χ1n) is 5.32. The summed E-state index contributed by atoms with van der Waals surface area (Å²) in [4.78, 5) is 5.14. The van der Waals surface area contributed by atoms with Crippen molar-refractivity contribution in [3.63, 3.8) is 0 Å². The number of halogens is 1. The molecule has 2 aromatic rings. The summed E-state index contributed by atoms with van der Waals surface area (Å²) in [6.45, 7) is 3.09. The summed E-state index contributed by atoms with van der Waals surface area (Å²) in [6, 6.07) is 0. The van der Waals surface area contributed by atoms with E-state index in [-0.39, 0.29) is 0 Å². The van der Waals surface area contributed by atoms with Gasteiger partial charge in [-0.2, -0.15) is 5.10 Å². The minimum Gasteiger partial charge on any atom is -0.378 e. The van der Waals surface area contributed by atoms with Crippen LogP contribution < -0.4 is 0 Å². The fourth-order valence-corrected chi connectivity index (χ4v) is 2.69. The third-order valence-corrected chi connectivity index (χ3v) is 3.62. The number of nitrogens with zero attached hydrogens (tertiary/aromatic N) is 4. The van der Waals surface area contributed by atoms with Crippen molar-refractivity contribution in [1.82, 2.24) is 14.4 Å². The van der Waals surface area contributed by atoms with E-state index in [1.807, 2.05) is 21.0 Å². The Labute approximate surface area is 107 Å². The second kappa shape index (κ2) is 4.64. The number of ether oxygens (including phenoxy) is 1. The molecule has 0 aliphatic carbocycles. The van der Waals surface area contributed by atoms with E-state index in [1.165, 1.54) is 0 Å². The summed E-state index contributed by atoms with van der Waals surface area (Å²) in [5.74, 6) is 0. The molecule has 7 heteroatoms. The van der Waals surface area contributed by atoms with E-state index >= 15 is 0 Å². The smallest absolute Gasteiger partial charge is 0.195 e. The van der Waals surface area contributed by atoms with E-state index in [1.54, 1.807) is 17.6 Å². The topological polar surface area (TPSA) is 42.1 Å². The second-order valence-corrected chi connectivity index (χ2v) is 4.89. The van der Waals surface area contributed by atoms with Gasteiger partial charge in [0.25, 0.3) is 0 Å². The Morgan fingerprint density at radius 2 is 2.29 bits per heavy atom. The van der Waals surface area contributed by atoms with Gasteiger partial charge in [-0.1, -0.05) is 11.6 Å². The maximum Gasteiger partial charge on any atom is 0.195 e. The van der Waals surface area contributed by atoms with Crippen LogP contribution in [0, 0.1) is 0 Å². The average Bonchev–Trinajstić information content (AvgIpc) is 2.89. The fraction of sp³-hybridized carbons (Fsp3) is 0.400. The Balaban J connectivity index is 1.85. The molecular formula is C10H11ClN4OS. The maximum atomic E-state index is 6.07. The molecule has 0 spiro atoms. The minimum atomic E-state index is 0.494. The van der Waals surface area contributed by atoms with E-state index in [0.717, 1.165) is 37.0 Å². The first-order valence-corrected chi connectivity index (χ1v) is 6.58. The molecule has 90 valence electrons. The van der Waals surface area contributed by atoms with Crippen molar-refractivity contribution in [2.45, 2.75) is 0 Å². The molecule has 0 atom stereocenters. The van der Waals surface area contributed by atoms with E-state index in [4.69, 9.17) is 16.3 Å². The Bertz CT molecular complexity index is 543. The van der Waals surface area contributed by atoms with Crippen molar-refractivity contribution in [2.75, 3.05) is 26.3 Å². The van der Waals surface area contributed by atoms with Gasteiger partial charge in [-0.05, 0) is 0 Å². The monoisotopic (exact) mass is 270 g/mol. The summed E-state index contributed by atoms with van der Waals surface area (Å²) >= 11 is 7.62. The molecule has 0 radical (unpaired) electrons. The molecule has 1 aliphatic rings. The standard InChI is InChI=1S/C10H11ClN4OS/c11-9-8(15-3-6-17-10(15)13-9)7-12-14-1-4-16-5-2-14/h3,6-7H,1-2,4-5H2/b12-7+. The van der Waals surface area contributed by atoms with Crippen molar-refractivity contribution in [2.24, 2.45) is 5.10 Å². The highest BCUT2D eigenvalue weighted by Gasteiger charge is 2.11. The van der Waals surface area contributed by atoms with Crippen LogP contribution in [0.25, 0.3) is 4.96 Å². The molecule has 0 saturated carbocycles. The minimum absolute atomic E-state index is 0.494. The van der Waals surface area contributed by atoms with Crippen LogP contribution >= 0.6 is 22.9 Å². The average molecular weight is 271 g/mol. The number of hydrazone groups is 1. The van der Waals surface area contributed by atoms with E-state index < -0.39 is 0 Å². The number of hydrogen-bond donors (Lipinski definition) is 0. The SMILES string of the molecule is Clc1nc2sccn2c1/C=N/N1CCOCC1. The first kappa shape index (κ1) is 11.0. The van der Waals surface area contributed by atoms with Gasteiger partial charge in [0.2, 0.25) is 0 Å². The maximum absolute atomic E-state index is 6.07. The Morgan fingerprint density at radius 3 is 3.12 bits per heavy atom. The van der Waals surface area contributed by atoms with Gasteiger partial charge < -0.3 is 4.74 Å². The van der Waals surface area contributed by atoms with Crippen LogP contribution in [0.3, 0.4) is 0 Å². The highest BCUT2D eigenvalue weighted by atomic mass is 35.5. The van der Waals surface area contributed by atoms with Gasteiger partial charge in [-0.25, -0.2) is 4.98 Å². The van der Waals surface area contributed by atoms with Crippen LogP contribution in [0.2, 0.25) is 5.15 Å². The van der Waals surface area contributed by atoms with Crippen LogP contribution in [-0.2, 0) is 4.74 Å². The molecule has 5 nitrogen and oxygen atoms in total. The van der Waals surface area contributed by atoms with Crippen molar-refractivity contribution in [1.29, 1.82) is 0 Å². The predicted octanol–water partition coefficient (Wildman–Crippen LogP) is 1.72. The molecular weight excluding hydrogens is 260 g/mol. The summed E-state index contributed by atoms with van der Waals surface area (Å²) in [5.41, 5.74) is 0.828. The van der Waals surface area contributed by atoms with E-state index in [2.05, 4.69) is 10.1 Å². The highest BCUT2D eigenvalue weighted by molar-refractivity contribution is 7.15. The normalized spacial score (nSPS) is 17.4. The zero-order valence-corrected chi connectivity index (χ0v) is 10.6. The predicted molar refractivity (Wildman–Crippen MR) is 68.1 cm³/mol. The Morgan fingerprint density at radius 1 is 1.47 bits per heavy atom. The number of fused-ring (bicyclic) bond motifs is 1. The van der Waals surface area contributed by atoms with Crippen molar-refractivity contribution >= 4 is 34.1 Å². The molecule has 0 aromatic carbocycles. The second-order valence-electron chi connectivity index (χ2n) is 3.65. The molecule has 1 saturated heterocycles. The molecule has 3 rings (SSSR count). The van der Waals surface area contributed by atoms with Gasteiger partial charge in [0.1, 0.15) is 5.69 Å². The van der Waals surface area contributed by atoms with Crippen LogP contribution in [0.4, 0.5) is 0 Å². The first-order chi connectivity index (χ1) is 8.34. The number of rotatable bonds is 2. The third-order valence-electron chi connectivity index (χ3n) is 2.58. The largest absolute Gasteiger partial charge is 0.378 e. The zero-order valence-electron chi connectivity index (χ0n) is 9.04. The van der Waals surface area contributed by atoms with Crippen LogP contribution in [-0.4, -0.2) is 46.9 Å². The quantitative estimate of drug-likeness (QED) is 0.781. The number of morpholine rings is 1. The molecule has 0 unspecified atom stereocenters. The van der Waals surface area contributed by atoms with E-state index in [9.17, 15) is 0 Å². The molecule has 1 fully saturated rings. The lowest BCUT2D eigenvalue weighted by Gasteiger charge is -2.23. The van der Waals surface area contributed by atoms with Crippen LogP contribution in [0.15, 0.2) is 16.7 Å². The lowest BCUT2D eigenvalue weighted by molar-refractivity contribution is 0.0396. The molecule has 0 amide bonds. The van der Waals surface area contributed by atoms with Crippen LogP contribution in [0.5, 0.6) is 0 Å². The highest BCUT2D eigenvalue weighted by Crippen LogP contribution is 2.19. The fourth-order valence-electron chi connectivity index (χ4n) is 1.70. The van der Waals surface area contributed by atoms with Crippen molar-refractivity contribution in [3.05, 3.63) is 22.4 Å². The summed E-state index contributed by atoms with van der Waals surface area (Å²) in [6.07, 6.45) is 3.71. The summed E-state index contributed by atoms with van der Waals surface area (Å²) in [5, 5.41) is 8.85. The lowest BCUT2D eigenvalue weighted by Crippen LogP contribution is -2.32. The van der Waals surface area contributed by atoms with Gasteiger partial charge in [-0.15, -0.1) is 11.3 Å². The van der Waals surface area contributed by atoms with Gasteiger partial charge >= 0.3 is 0 Å². The van der Waals surface area contributed by atoms with Gasteiger partial charge in [0.05, 0.1) is 32.5 Å². The molecule has 1 aliphatic heterocycles. The number of thiazole rings is 1. The molecule has 3 heterocycles. The molecule has 0 N–H and O–H groups in total. The number of hydrogen-bond acceptors (Lipinski definition) is 5. The number of aromatic nitrogens is 2. The molecule has 17 heavy (non-hydrogen) atoms. The van der Waals surface area contributed by atoms with Crippen LogP contribution in [0.1, 0.15) is 5.69 Å². The summed E-state index contributed by atoms with van der Waals surface area (Å²) < 4.78 is 7.20. The van der Waals surface area contributed by atoms with Gasteiger partial charge in [0, 0.05) is 11.6 Å². The Hall–Kier alpha value is -1.11. The molecule has 2 aromatic heterocycles. The number of imidazole rings is 1.